The summed E-state index contributed by atoms with van der Waals surface area (Å²) in [6.45, 7) is -1.24. The van der Waals surface area contributed by atoms with Crippen LogP contribution in [0.3, 0.4) is 0 Å². The molecule has 0 saturated heterocycles. The molecule has 0 aliphatic heterocycles. The first-order valence-electron chi connectivity index (χ1n) is 11.5. The van der Waals surface area contributed by atoms with Crippen molar-refractivity contribution in [3.05, 3.63) is 92.6 Å². The molecule has 0 unspecified atom stereocenters. The van der Waals surface area contributed by atoms with Crippen molar-refractivity contribution in [2.45, 2.75) is 19.6 Å². The van der Waals surface area contributed by atoms with E-state index < -0.39 is 59.4 Å². The minimum atomic E-state index is -1.78. The summed E-state index contributed by atoms with van der Waals surface area (Å²) < 4.78 is 53.5. The molecule has 1 N–H and O–H groups in total. The molecule has 0 saturated carbocycles. The molecule has 204 valence electrons. The van der Waals surface area contributed by atoms with Gasteiger partial charge in [0.25, 0.3) is 11.5 Å². The van der Waals surface area contributed by atoms with E-state index in [1.165, 1.54) is 22.6 Å². The van der Waals surface area contributed by atoms with Crippen LogP contribution in [0.15, 0.2) is 58.4 Å². The Morgan fingerprint density at radius 2 is 1.74 bits per heavy atom. The van der Waals surface area contributed by atoms with Crippen molar-refractivity contribution in [1.82, 2.24) is 18.7 Å². The van der Waals surface area contributed by atoms with Gasteiger partial charge in [0.05, 0.1) is 25.2 Å². The maximum atomic E-state index is 13.8. The summed E-state index contributed by atoms with van der Waals surface area (Å²) in [6.07, 6.45) is 1.39. The smallest absolute Gasteiger partial charge is 0.333 e. The molecule has 2 aromatic heterocycles. The topological polar surface area (TPSA) is 126 Å². The van der Waals surface area contributed by atoms with Crippen molar-refractivity contribution in [2.75, 3.05) is 25.6 Å². The molecule has 2 heterocycles. The fourth-order valence-corrected chi connectivity index (χ4v) is 3.78. The highest BCUT2D eigenvalue weighted by atomic mass is 19.2. The molecule has 1 amide bonds. The Bertz CT molecular complexity index is 1650. The zero-order chi connectivity index (χ0) is 28.1. The SMILES string of the molecule is COCCn1cnc2c1c(=O)n(CC(=O)OCC(=O)Nc1ccc(F)c(F)c1F)c(=O)n2Cc1ccccc1. The number of aromatic nitrogens is 4. The van der Waals surface area contributed by atoms with Crippen LogP contribution in [0.25, 0.3) is 11.2 Å². The van der Waals surface area contributed by atoms with E-state index in [0.717, 1.165) is 11.6 Å². The molecule has 0 atom stereocenters. The second-order valence-electron chi connectivity index (χ2n) is 8.28. The van der Waals surface area contributed by atoms with Gasteiger partial charge in [0.1, 0.15) is 6.54 Å². The quantitative estimate of drug-likeness (QED) is 0.237. The van der Waals surface area contributed by atoms with Crippen LogP contribution in [0.4, 0.5) is 18.9 Å². The van der Waals surface area contributed by atoms with Crippen LogP contribution < -0.4 is 16.6 Å². The molecule has 0 aliphatic carbocycles. The van der Waals surface area contributed by atoms with Crippen LogP contribution in [0.5, 0.6) is 0 Å². The second kappa shape index (κ2) is 11.8. The number of methoxy groups -OCH3 is 1. The Morgan fingerprint density at radius 3 is 2.46 bits per heavy atom. The maximum Gasteiger partial charge on any atom is 0.333 e. The third-order valence-corrected chi connectivity index (χ3v) is 5.66. The second-order valence-corrected chi connectivity index (χ2v) is 8.28. The number of esters is 1. The number of ether oxygens (including phenoxy) is 2. The minimum absolute atomic E-state index is 0.0506. The number of nitrogens with zero attached hydrogens (tertiary/aromatic N) is 4. The predicted molar refractivity (Wildman–Crippen MR) is 132 cm³/mol. The van der Waals surface area contributed by atoms with E-state index in [0.29, 0.717) is 10.6 Å². The molecule has 11 nitrogen and oxygen atoms in total. The van der Waals surface area contributed by atoms with Crippen LogP contribution in [-0.4, -0.2) is 50.9 Å². The zero-order valence-electron chi connectivity index (χ0n) is 20.5. The number of benzene rings is 2. The lowest BCUT2D eigenvalue weighted by Gasteiger charge is -2.13. The number of anilines is 1. The van der Waals surface area contributed by atoms with Gasteiger partial charge in [0.2, 0.25) is 0 Å². The summed E-state index contributed by atoms with van der Waals surface area (Å²) in [5, 5.41) is 1.95. The summed E-state index contributed by atoms with van der Waals surface area (Å²) in [5.74, 6) is -7.03. The van der Waals surface area contributed by atoms with Crippen molar-refractivity contribution in [1.29, 1.82) is 0 Å². The van der Waals surface area contributed by atoms with Gasteiger partial charge in [-0.15, -0.1) is 0 Å². The van der Waals surface area contributed by atoms with Gasteiger partial charge in [-0.25, -0.2) is 27.5 Å². The van der Waals surface area contributed by atoms with Crippen LogP contribution in [0, 0.1) is 17.5 Å². The number of imidazole rings is 1. The van der Waals surface area contributed by atoms with Gasteiger partial charge in [-0.2, -0.15) is 0 Å². The molecule has 14 heteroatoms. The predicted octanol–water partition coefficient (Wildman–Crippen LogP) is 1.65. The minimum Gasteiger partial charge on any atom is -0.454 e. The standard InChI is InChI=1S/C25H22F3N5O6/c1-38-10-9-31-14-29-23-22(31)24(36)33(25(37)32(23)11-15-5-3-2-4-6-15)12-19(35)39-13-18(34)30-17-8-7-16(26)20(27)21(17)28/h2-8,14H,9-13H2,1H3,(H,30,34). The van der Waals surface area contributed by atoms with Gasteiger partial charge in [-0.1, -0.05) is 30.3 Å². The average molecular weight is 545 g/mol. The Labute approximate surface area is 218 Å². The molecule has 0 radical (unpaired) electrons. The third kappa shape index (κ3) is 5.90. The highest BCUT2D eigenvalue weighted by Gasteiger charge is 2.21. The third-order valence-electron chi connectivity index (χ3n) is 5.66. The van der Waals surface area contributed by atoms with E-state index in [9.17, 15) is 32.3 Å². The molecule has 0 spiro atoms. The van der Waals surface area contributed by atoms with E-state index in [2.05, 4.69) is 4.98 Å². The lowest BCUT2D eigenvalue weighted by Crippen LogP contribution is -2.43. The number of hydrogen-bond donors (Lipinski definition) is 1. The summed E-state index contributed by atoms with van der Waals surface area (Å²) >= 11 is 0. The van der Waals surface area contributed by atoms with Crippen LogP contribution in [-0.2, 0) is 38.7 Å². The normalized spacial score (nSPS) is 11.1. The summed E-state index contributed by atoms with van der Waals surface area (Å²) in [6, 6.07) is 10.3. The molecule has 4 rings (SSSR count). The van der Waals surface area contributed by atoms with Crippen LogP contribution in [0.2, 0.25) is 0 Å². The van der Waals surface area contributed by atoms with Gasteiger partial charge in [0.15, 0.2) is 35.2 Å². The number of halogens is 3. The first-order valence-corrected chi connectivity index (χ1v) is 11.5. The van der Waals surface area contributed by atoms with Crippen molar-refractivity contribution < 1.29 is 32.2 Å². The molecule has 0 aliphatic rings. The Kier molecular flexibility index (Phi) is 8.24. The van der Waals surface area contributed by atoms with Crippen molar-refractivity contribution >= 4 is 28.7 Å². The highest BCUT2D eigenvalue weighted by Crippen LogP contribution is 2.19. The molecule has 4 aromatic rings. The first kappa shape index (κ1) is 27.3. The number of fused-ring (bicyclic) bond motifs is 1. The number of carbonyl (C=O) groups excluding carboxylic acids is 2. The maximum absolute atomic E-state index is 13.8. The molecule has 2 aromatic carbocycles. The lowest BCUT2D eigenvalue weighted by atomic mass is 10.2. The summed E-state index contributed by atoms with van der Waals surface area (Å²) in [4.78, 5) is 55.4. The van der Waals surface area contributed by atoms with E-state index in [4.69, 9.17) is 9.47 Å². The van der Waals surface area contributed by atoms with Crippen molar-refractivity contribution in [3.8, 4) is 0 Å². The van der Waals surface area contributed by atoms with Crippen molar-refractivity contribution in [2.24, 2.45) is 0 Å². The fourth-order valence-electron chi connectivity index (χ4n) is 3.78. The zero-order valence-corrected chi connectivity index (χ0v) is 20.5. The monoisotopic (exact) mass is 545 g/mol. The molecule has 39 heavy (non-hydrogen) atoms. The summed E-state index contributed by atoms with van der Waals surface area (Å²) in [5.41, 5.74) is -1.40. The van der Waals surface area contributed by atoms with Crippen molar-refractivity contribution in [3.63, 3.8) is 0 Å². The largest absolute Gasteiger partial charge is 0.454 e. The Morgan fingerprint density at radius 1 is 1.00 bits per heavy atom. The van der Waals surface area contributed by atoms with E-state index in [1.54, 1.807) is 30.3 Å². The number of nitrogens with one attached hydrogen (secondary N) is 1. The van der Waals surface area contributed by atoms with Gasteiger partial charge < -0.3 is 19.4 Å². The summed E-state index contributed by atoms with van der Waals surface area (Å²) in [7, 11) is 1.48. The molecule has 0 fully saturated rings. The molecular formula is C25H22F3N5O6. The van der Waals surface area contributed by atoms with Crippen LogP contribution >= 0.6 is 0 Å². The van der Waals surface area contributed by atoms with E-state index in [-0.39, 0.29) is 30.9 Å². The Hall–Kier alpha value is -4.72. The van der Waals surface area contributed by atoms with Gasteiger partial charge in [-0.05, 0) is 17.7 Å². The van der Waals surface area contributed by atoms with Gasteiger partial charge >= 0.3 is 11.7 Å². The average Bonchev–Trinajstić information content (AvgIpc) is 3.36. The number of amides is 1. The van der Waals surface area contributed by atoms with Gasteiger partial charge in [-0.3, -0.25) is 19.0 Å². The number of hydrogen-bond acceptors (Lipinski definition) is 7. The number of rotatable bonds is 10. The molecular weight excluding hydrogens is 523 g/mol. The number of carbonyl (C=O) groups is 2. The van der Waals surface area contributed by atoms with E-state index in [1.807, 2.05) is 5.32 Å². The Balaban J connectivity index is 1.58. The fraction of sp³-hybridized carbons (Fsp3) is 0.240. The van der Waals surface area contributed by atoms with Crippen LogP contribution in [0.1, 0.15) is 5.56 Å². The van der Waals surface area contributed by atoms with E-state index >= 15 is 0 Å². The highest BCUT2D eigenvalue weighted by molar-refractivity contribution is 5.92. The lowest BCUT2D eigenvalue weighted by molar-refractivity contribution is -0.148. The molecule has 0 bridgehead atoms. The first-order chi connectivity index (χ1) is 18.7. The van der Waals surface area contributed by atoms with Gasteiger partial charge in [0, 0.05) is 13.7 Å².